The fourth-order valence-corrected chi connectivity index (χ4v) is 1.54. The van der Waals surface area contributed by atoms with Crippen LogP contribution in [0.5, 0.6) is 0 Å². The first-order valence-corrected chi connectivity index (χ1v) is 4.73. The highest BCUT2D eigenvalue weighted by atomic mass is 16.5. The number of hydrogen-bond donors (Lipinski definition) is 1. The molecule has 1 N–H and O–H groups in total. The number of carbonyl (C=O) groups is 1. The van der Waals surface area contributed by atoms with Crippen LogP contribution in [0.25, 0.3) is 0 Å². The minimum Gasteiger partial charge on any atom is -0.465 e. The molecule has 1 aromatic carbocycles. The largest absolute Gasteiger partial charge is 0.465 e. The Kier molecular flexibility index (Phi) is 2.50. The summed E-state index contributed by atoms with van der Waals surface area (Å²) in [6.45, 7) is 1.09. The van der Waals surface area contributed by atoms with Gasteiger partial charge in [-0.25, -0.2) is 4.79 Å². The summed E-state index contributed by atoms with van der Waals surface area (Å²) in [6, 6.07) is 8.04. The highest BCUT2D eigenvalue weighted by molar-refractivity contribution is 5.89. The molecular formula is C11H13NO2. The van der Waals surface area contributed by atoms with Crippen LogP contribution in [0, 0.1) is 0 Å². The van der Waals surface area contributed by atoms with E-state index in [0.29, 0.717) is 11.6 Å². The molecular weight excluding hydrogens is 178 g/mol. The van der Waals surface area contributed by atoms with Crippen molar-refractivity contribution in [2.45, 2.75) is 12.5 Å². The third-order valence-corrected chi connectivity index (χ3v) is 2.56. The molecule has 0 aliphatic carbocycles. The first kappa shape index (κ1) is 9.21. The lowest BCUT2D eigenvalue weighted by Gasteiger charge is -2.27. The lowest BCUT2D eigenvalue weighted by Crippen LogP contribution is -2.34. The number of methoxy groups -OCH3 is 1. The minimum atomic E-state index is -0.280. The molecule has 0 spiro atoms. The van der Waals surface area contributed by atoms with Gasteiger partial charge in [0.25, 0.3) is 0 Å². The van der Waals surface area contributed by atoms with E-state index in [4.69, 9.17) is 0 Å². The molecule has 1 aliphatic rings. The van der Waals surface area contributed by atoms with Crippen molar-refractivity contribution in [3.8, 4) is 0 Å². The summed E-state index contributed by atoms with van der Waals surface area (Å²) in [5, 5.41) is 3.31. The van der Waals surface area contributed by atoms with Crippen LogP contribution in [0.3, 0.4) is 0 Å². The van der Waals surface area contributed by atoms with Gasteiger partial charge < -0.3 is 10.1 Å². The van der Waals surface area contributed by atoms with Gasteiger partial charge in [0.05, 0.1) is 12.7 Å². The summed E-state index contributed by atoms with van der Waals surface area (Å²) in [5.74, 6) is -0.280. The predicted molar refractivity (Wildman–Crippen MR) is 53.1 cm³/mol. The smallest absolute Gasteiger partial charge is 0.337 e. The number of rotatable bonds is 2. The van der Waals surface area contributed by atoms with Gasteiger partial charge in [-0.1, -0.05) is 12.1 Å². The van der Waals surface area contributed by atoms with E-state index in [0.717, 1.165) is 6.54 Å². The van der Waals surface area contributed by atoms with Crippen molar-refractivity contribution in [2.75, 3.05) is 13.7 Å². The summed E-state index contributed by atoms with van der Waals surface area (Å²) < 4.78 is 4.62. The van der Waals surface area contributed by atoms with Crippen molar-refractivity contribution in [2.24, 2.45) is 0 Å². The number of carbonyl (C=O) groups excluding carboxylic acids is 1. The summed E-state index contributed by atoms with van der Waals surface area (Å²) in [5.41, 5.74) is 1.85. The zero-order chi connectivity index (χ0) is 9.97. The monoisotopic (exact) mass is 191 g/mol. The SMILES string of the molecule is COC(=O)c1ccc([C@H]2CCN2)cc1. The van der Waals surface area contributed by atoms with E-state index in [9.17, 15) is 4.79 Å². The predicted octanol–water partition coefficient (Wildman–Crippen LogP) is 1.51. The molecule has 1 fully saturated rings. The molecule has 3 nitrogen and oxygen atoms in total. The van der Waals surface area contributed by atoms with Crippen LogP contribution in [0.2, 0.25) is 0 Å². The minimum absolute atomic E-state index is 0.280. The van der Waals surface area contributed by atoms with Crippen molar-refractivity contribution < 1.29 is 9.53 Å². The highest BCUT2D eigenvalue weighted by Gasteiger charge is 2.18. The second kappa shape index (κ2) is 3.80. The van der Waals surface area contributed by atoms with E-state index in [1.54, 1.807) is 12.1 Å². The number of ether oxygens (including phenoxy) is 1. The number of esters is 1. The zero-order valence-corrected chi connectivity index (χ0v) is 8.12. The average molecular weight is 191 g/mol. The van der Waals surface area contributed by atoms with E-state index >= 15 is 0 Å². The Labute approximate surface area is 83.1 Å². The third-order valence-electron chi connectivity index (χ3n) is 2.56. The van der Waals surface area contributed by atoms with Crippen LogP contribution in [0.4, 0.5) is 0 Å². The Morgan fingerprint density at radius 2 is 2.07 bits per heavy atom. The molecule has 14 heavy (non-hydrogen) atoms. The van der Waals surface area contributed by atoms with Gasteiger partial charge >= 0.3 is 5.97 Å². The third kappa shape index (κ3) is 1.63. The maximum Gasteiger partial charge on any atom is 0.337 e. The van der Waals surface area contributed by atoms with Crippen LogP contribution in [0.1, 0.15) is 28.4 Å². The maximum absolute atomic E-state index is 11.1. The van der Waals surface area contributed by atoms with Crippen molar-refractivity contribution in [3.05, 3.63) is 35.4 Å². The van der Waals surface area contributed by atoms with Crippen molar-refractivity contribution in [1.82, 2.24) is 5.32 Å². The Morgan fingerprint density at radius 3 is 2.50 bits per heavy atom. The van der Waals surface area contributed by atoms with Gasteiger partial charge in [0.1, 0.15) is 0 Å². The molecule has 1 atom stereocenters. The molecule has 1 aliphatic heterocycles. The van der Waals surface area contributed by atoms with Crippen LogP contribution < -0.4 is 5.32 Å². The van der Waals surface area contributed by atoms with Gasteiger partial charge in [0.2, 0.25) is 0 Å². The Hall–Kier alpha value is -1.35. The molecule has 0 saturated carbocycles. The van der Waals surface area contributed by atoms with Gasteiger partial charge in [-0.15, -0.1) is 0 Å². The van der Waals surface area contributed by atoms with Gasteiger partial charge in [-0.3, -0.25) is 0 Å². The van der Waals surface area contributed by atoms with Gasteiger partial charge in [-0.2, -0.15) is 0 Å². The standard InChI is InChI=1S/C11H13NO2/c1-14-11(13)9-4-2-8(3-5-9)10-6-7-12-10/h2-5,10,12H,6-7H2,1H3/t10-/m1/s1. The molecule has 0 radical (unpaired) electrons. The Balaban J connectivity index is 2.13. The second-order valence-corrected chi connectivity index (χ2v) is 3.41. The fraction of sp³-hybridized carbons (Fsp3) is 0.364. The second-order valence-electron chi connectivity index (χ2n) is 3.41. The Morgan fingerprint density at radius 1 is 1.43 bits per heavy atom. The number of nitrogens with one attached hydrogen (secondary N) is 1. The molecule has 0 bridgehead atoms. The van der Waals surface area contributed by atoms with Crippen LogP contribution in [-0.4, -0.2) is 19.6 Å². The first-order valence-electron chi connectivity index (χ1n) is 4.73. The topological polar surface area (TPSA) is 38.3 Å². The molecule has 0 aromatic heterocycles. The lowest BCUT2D eigenvalue weighted by molar-refractivity contribution is 0.0600. The van der Waals surface area contributed by atoms with Crippen molar-refractivity contribution >= 4 is 5.97 Å². The normalized spacial score (nSPS) is 19.9. The summed E-state index contributed by atoms with van der Waals surface area (Å²) in [4.78, 5) is 11.1. The number of benzene rings is 1. The van der Waals surface area contributed by atoms with Crippen LogP contribution in [0.15, 0.2) is 24.3 Å². The average Bonchev–Trinajstić information content (AvgIpc) is 2.15. The molecule has 1 aromatic rings. The van der Waals surface area contributed by atoms with E-state index < -0.39 is 0 Å². The molecule has 2 rings (SSSR count). The summed E-state index contributed by atoms with van der Waals surface area (Å²) >= 11 is 0. The molecule has 1 heterocycles. The van der Waals surface area contributed by atoms with E-state index in [-0.39, 0.29) is 5.97 Å². The molecule has 0 amide bonds. The first-order chi connectivity index (χ1) is 6.81. The Bertz CT molecular complexity index is 328. The van der Waals surface area contributed by atoms with E-state index in [1.807, 2.05) is 12.1 Å². The van der Waals surface area contributed by atoms with Gasteiger partial charge in [0, 0.05) is 6.04 Å². The summed E-state index contributed by atoms with van der Waals surface area (Å²) in [6.07, 6.45) is 1.18. The summed E-state index contributed by atoms with van der Waals surface area (Å²) in [7, 11) is 1.39. The molecule has 1 saturated heterocycles. The van der Waals surface area contributed by atoms with Crippen molar-refractivity contribution in [3.63, 3.8) is 0 Å². The number of hydrogen-bond acceptors (Lipinski definition) is 3. The lowest BCUT2D eigenvalue weighted by atomic mass is 9.97. The quantitative estimate of drug-likeness (QED) is 0.720. The maximum atomic E-state index is 11.1. The van der Waals surface area contributed by atoms with E-state index in [1.165, 1.54) is 19.1 Å². The molecule has 0 unspecified atom stereocenters. The zero-order valence-electron chi connectivity index (χ0n) is 8.12. The highest BCUT2D eigenvalue weighted by Crippen LogP contribution is 2.22. The van der Waals surface area contributed by atoms with Crippen LogP contribution in [-0.2, 0) is 4.74 Å². The fourth-order valence-electron chi connectivity index (χ4n) is 1.54. The molecule has 74 valence electrons. The van der Waals surface area contributed by atoms with E-state index in [2.05, 4.69) is 10.1 Å². The van der Waals surface area contributed by atoms with Gasteiger partial charge in [-0.05, 0) is 30.7 Å². The molecule has 3 heteroatoms. The van der Waals surface area contributed by atoms with Crippen molar-refractivity contribution in [1.29, 1.82) is 0 Å². The van der Waals surface area contributed by atoms with Crippen LogP contribution >= 0.6 is 0 Å². The van der Waals surface area contributed by atoms with Gasteiger partial charge in [0.15, 0.2) is 0 Å².